The standard InChI is InChI=1S/C38H24Cl6N8/c39-12-18-6-5-11-23-28(18)34-47-33(23)51-38-22-10-4-3-9-21(22)37(52(38)17-44)50-32-20-8-2-1-7-19(20)31(45-32)46-35-29-26(15-42)24(13-40)25(14-41)27(16-43)30(29)36(48-34)49-35/h1-11H,12-17H2,(H,45,46,47,48,49,50,51). The second-order valence-electron chi connectivity index (χ2n) is 12.2. The largest absolute Gasteiger partial charge is 0.324 e. The summed E-state index contributed by atoms with van der Waals surface area (Å²) in [5.41, 5.74) is 9.38. The van der Waals surface area contributed by atoms with Gasteiger partial charge in [-0.1, -0.05) is 66.7 Å². The fourth-order valence-electron chi connectivity index (χ4n) is 7.35. The lowest BCUT2D eigenvalue weighted by molar-refractivity contribution is 0.934. The highest BCUT2D eigenvalue weighted by molar-refractivity contribution is 6.25. The van der Waals surface area contributed by atoms with E-state index in [1.54, 1.807) is 0 Å². The van der Waals surface area contributed by atoms with Gasteiger partial charge in [0.1, 0.15) is 28.6 Å². The van der Waals surface area contributed by atoms with E-state index in [2.05, 4.69) is 4.98 Å². The summed E-state index contributed by atoms with van der Waals surface area (Å²) in [4.78, 5) is 34.4. The summed E-state index contributed by atoms with van der Waals surface area (Å²) >= 11 is 40.0. The monoisotopic (exact) mass is 802 g/mol. The van der Waals surface area contributed by atoms with Gasteiger partial charge in [-0.3, -0.25) is 4.57 Å². The molecular formula is C38H24Cl6N8. The smallest absolute Gasteiger partial charge is 0.165 e. The van der Waals surface area contributed by atoms with E-state index in [0.29, 0.717) is 45.9 Å². The Labute approximate surface area is 326 Å². The van der Waals surface area contributed by atoms with Crippen molar-refractivity contribution < 1.29 is 0 Å². The maximum atomic E-state index is 6.74. The molecule has 14 heteroatoms. The van der Waals surface area contributed by atoms with Gasteiger partial charge in [0.15, 0.2) is 23.3 Å². The van der Waals surface area contributed by atoms with Gasteiger partial charge >= 0.3 is 0 Å². The molecule has 9 rings (SSSR count). The number of nitrogens with zero attached hydrogens (tertiary/aromatic N) is 7. The van der Waals surface area contributed by atoms with E-state index in [1.807, 2.05) is 71.3 Å². The molecule has 8 bridgehead atoms. The lowest BCUT2D eigenvalue weighted by Gasteiger charge is -2.16. The molecule has 0 spiro atoms. The summed E-state index contributed by atoms with van der Waals surface area (Å²) in [6.07, 6.45) is 0. The molecule has 4 aromatic carbocycles. The summed E-state index contributed by atoms with van der Waals surface area (Å²) in [5, 5.41) is 3.18. The molecule has 3 aromatic heterocycles. The number of rotatable bonds is 6. The molecule has 2 aliphatic heterocycles. The topological polar surface area (TPSA) is 98.1 Å². The maximum absolute atomic E-state index is 6.74. The van der Waals surface area contributed by atoms with Gasteiger partial charge in [-0.25, -0.2) is 29.9 Å². The van der Waals surface area contributed by atoms with Crippen molar-refractivity contribution in [2.75, 3.05) is 0 Å². The minimum Gasteiger partial charge on any atom is -0.324 e. The molecule has 0 saturated carbocycles. The third-order valence-electron chi connectivity index (χ3n) is 9.68. The van der Waals surface area contributed by atoms with Crippen LogP contribution >= 0.6 is 69.6 Å². The van der Waals surface area contributed by atoms with E-state index < -0.39 is 0 Å². The van der Waals surface area contributed by atoms with Crippen LogP contribution in [0.2, 0.25) is 0 Å². The molecule has 0 saturated heterocycles. The third-order valence-corrected chi connectivity index (χ3v) is 11.3. The minimum absolute atomic E-state index is 0.0777. The first-order valence-electron chi connectivity index (χ1n) is 16.2. The van der Waals surface area contributed by atoms with Crippen molar-refractivity contribution in [1.82, 2.24) is 39.5 Å². The molecule has 2 aliphatic rings. The zero-order valence-electron chi connectivity index (χ0n) is 27.0. The van der Waals surface area contributed by atoms with Crippen LogP contribution in [0.4, 0.5) is 0 Å². The average Bonchev–Trinajstić information content (AvgIpc) is 3.91. The second-order valence-corrected chi connectivity index (χ2v) is 13.8. The van der Waals surface area contributed by atoms with Gasteiger partial charge in [0.2, 0.25) is 0 Å². The molecule has 52 heavy (non-hydrogen) atoms. The molecular weight excluding hydrogens is 781 g/mol. The van der Waals surface area contributed by atoms with E-state index in [9.17, 15) is 0 Å². The summed E-state index contributed by atoms with van der Waals surface area (Å²) in [5.74, 6) is 2.69. The van der Waals surface area contributed by atoms with Crippen LogP contribution in [0.25, 0.3) is 89.7 Å². The Bertz CT molecular complexity index is 2790. The first-order valence-corrected chi connectivity index (χ1v) is 19.4. The van der Waals surface area contributed by atoms with Crippen LogP contribution in [0.3, 0.4) is 0 Å². The average molecular weight is 805 g/mol. The molecule has 0 atom stereocenters. The zero-order valence-corrected chi connectivity index (χ0v) is 31.5. The van der Waals surface area contributed by atoms with Crippen molar-refractivity contribution in [2.45, 2.75) is 35.4 Å². The molecule has 0 aliphatic carbocycles. The molecule has 0 unspecified atom stereocenters. The van der Waals surface area contributed by atoms with Gasteiger partial charge in [0.25, 0.3) is 0 Å². The van der Waals surface area contributed by atoms with Gasteiger partial charge in [-0.15, -0.1) is 69.6 Å². The second kappa shape index (κ2) is 13.4. The summed E-state index contributed by atoms with van der Waals surface area (Å²) in [6, 6.07) is 21.7. The Morgan fingerprint density at radius 1 is 0.462 bits per heavy atom. The molecule has 0 amide bonds. The van der Waals surface area contributed by atoms with Crippen molar-refractivity contribution in [3.8, 4) is 45.6 Å². The fourth-order valence-corrected chi connectivity index (χ4v) is 9.04. The van der Waals surface area contributed by atoms with Gasteiger partial charge < -0.3 is 4.98 Å². The highest BCUT2D eigenvalue weighted by Gasteiger charge is 2.27. The quantitative estimate of drug-likeness (QED) is 0.168. The predicted octanol–water partition coefficient (Wildman–Crippen LogP) is 11.2. The Morgan fingerprint density at radius 3 is 1.48 bits per heavy atom. The van der Waals surface area contributed by atoms with Crippen LogP contribution in [0.15, 0.2) is 66.7 Å². The first-order chi connectivity index (χ1) is 25.5. The summed E-state index contributed by atoms with van der Waals surface area (Å²) in [7, 11) is 0. The fraction of sp³-hybridized carbons (Fsp3) is 0.158. The number of halogens is 6. The Balaban J connectivity index is 1.57. The van der Waals surface area contributed by atoms with Crippen LogP contribution in [0.5, 0.6) is 0 Å². The number of hydrogen-bond donors (Lipinski definition) is 1. The van der Waals surface area contributed by atoms with Gasteiger partial charge in [-0.05, 0) is 27.8 Å². The van der Waals surface area contributed by atoms with E-state index in [1.165, 1.54) is 0 Å². The summed E-state index contributed by atoms with van der Waals surface area (Å²) < 4.78 is 1.87. The third kappa shape index (κ3) is 5.03. The van der Waals surface area contributed by atoms with Gasteiger partial charge in [0, 0.05) is 73.2 Å². The molecule has 5 heterocycles. The molecule has 258 valence electrons. The van der Waals surface area contributed by atoms with Gasteiger partial charge in [-0.2, -0.15) is 0 Å². The number of alkyl halides is 6. The normalized spacial score (nSPS) is 12.1. The van der Waals surface area contributed by atoms with E-state index in [4.69, 9.17) is 99.5 Å². The lowest BCUT2D eigenvalue weighted by Crippen LogP contribution is -2.02. The van der Waals surface area contributed by atoms with Crippen molar-refractivity contribution in [2.24, 2.45) is 0 Å². The highest BCUT2D eigenvalue weighted by atomic mass is 35.5. The van der Waals surface area contributed by atoms with Crippen molar-refractivity contribution in [3.05, 3.63) is 94.5 Å². The Morgan fingerprint density at radius 2 is 0.942 bits per heavy atom. The van der Waals surface area contributed by atoms with Gasteiger partial charge in [0.05, 0.1) is 0 Å². The SMILES string of the molecule is ClCc1cccc2c1-c1nc-2nc2c3ccccc3c(nc3nc(nc4[nH]c(n1)c1c(CCl)c(CCl)c(CCl)c(CCl)c41)-c1ccccc1-3)n2CCl. The van der Waals surface area contributed by atoms with E-state index >= 15 is 0 Å². The summed E-state index contributed by atoms with van der Waals surface area (Å²) in [6.45, 7) is 0. The number of aromatic nitrogens is 8. The minimum atomic E-state index is 0.0777. The molecule has 8 nitrogen and oxygen atoms in total. The number of nitrogens with one attached hydrogen (secondary N) is 1. The van der Waals surface area contributed by atoms with Crippen molar-refractivity contribution in [3.63, 3.8) is 0 Å². The first kappa shape index (κ1) is 33.8. The number of fused-ring (bicyclic) bond motifs is 20. The Kier molecular flexibility index (Phi) is 8.73. The number of aromatic amines is 1. The Hall–Kier alpha value is -4.02. The molecule has 1 N–H and O–H groups in total. The lowest BCUT2D eigenvalue weighted by atomic mass is 9.93. The predicted molar refractivity (Wildman–Crippen MR) is 213 cm³/mol. The van der Waals surface area contributed by atoms with Crippen LogP contribution in [-0.4, -0.2) is 39.5 Å². The van der Waals surface area contributed by atoms with Crippen molar-refractivity contribution >= 4 is 114 Å². The number of benzene rings is 4. The number of hydrogen-bond acceptors (Lipinski definition) is 6. The van der Waals surface area contributed by atoms with Crippen LogP contribution < -0.4 is 0 Å². The van der Waals surface area contributed by atoms with Crippen LogP contribution in [0.1, 0.15) is 27.8 Å². The number of H-pyrrole nitrogens is 1. The van der Waals surface area contributed by atoms with Crippen LogP contribution in [-0.2, 0) is 35.4 Å². The molecule has 0 radical (unpaired) electrons. The van der Waals surface area contributed by atoms with E-state index in [-0.39, 0.29) is 35.4 Å². The molecule has 7 aromatic rings. The van der Waals surface area contributed by atoms with Crippen LogP contribution in [0, 0.1) is 0 Å². The van der Waals surface area contributed by atoms with E-state index in [0.717, 1.165) is 71.6 Å². The maximum Gasteiger partial charge on any atom is 0.165 e. The zero-order chi connectivity index (χ0) is 35.7. The van der Waals surface area contributed by atoms with Crippen molar-refractivity contribution in [1.29, 1.82) is 0 Å². The molecule has 0 fully saturated rings. The highest BCUT2D eigenvalue weighted by Crippen LogP contribution is 2.42.